The Hall–Kier alpha value is -2.65. The average molecular weight is 420 g/mol. The van der Waals surface area contributed by atoms with Crippen molar-refractivity contribution in [1.29, 1.82) is 0 Å². The minimum absolute atomic E-state index is 0.116. The first-order valence-corrected chi connectivity index (χ1v) is 10.9. The second kappa shape index (κ2) is 8.79. The number of furan rings is 1. The van der Waals surface area contributed by atoms with Crippen molar-refractivity contribution in [1.82, 2.24) is 4.31 Å². The molecule has 0 atom stereocenters. The van der Waals surface area contributed by atoms with E-state index in [0.717, 1.165) is 11.3 Å². The summed E-state index contributed by atoms with van der Waals surface area (Å²) in [6, 6.07) is 10.1. The van der Waals surface area contributed by atoms with Crippen LogP contribution in [0.2, 0.25) is 0 Å². The lowest BCUT2D eigenvalue weighted by Gasteiger charge is -2.29. The van der Waals surface area contributed by atoms with Gasteiger partial charge in [-0.3, -0.25) is 4.79 Å². The van der Waals surface area contributed by atoms with Gasteiger partial charge in [-0.25, -0.2) is 13.2 Å². The third-order valence-corrected chi connectivity index (χ3v) is 6.54. The molecule has 1 aromatic heterocycles. The highest BCUT2D eigenvalue weighted by Crippen LogP contribution is 2.26. The molecule has 1 fully saturated rings. The number of benzene rings is 1. The first-order valence-electron chi connectivity index (χ1n) is 9.46. The zero-order valence-electron chi connectivity index (χ0n) is 16.4. The highest BCUT2D eigenvalue weighted by Gasteiger charge is 2.34. The summed E-state index contributed by atoms with van der Waals surface area (Å²) >= 11 is 0. The fourth-order valence-corrected chi connectivity index (χ4v) is 4.60. The van der Waals surface area contributed by atoms with Gasteiger partial charge in [-0.1, -0.05) is 12.1 Å². The second-order valence-electron chi connectivity index (χ2n) is 6.88. The van der Waals surface area contributed by atoms with Crippen LogP contribution in [0.15, 0.2) is 45.9 Å². The summed E-state index contributed by atoms with van der Waals surface area (Å²) in [4.78, 5) is 24.2. The van der Waals surface area contributed by atoms with Crippen molar-refractivity contribution in [3.63, 3.8) is 0 Å². The fraction of sp³-hybridized carbons (Fsp3) is 0.400. The number of carbonyl (C=O) groups excluding carboxylic acids is 2. The number of piperidine rings is 1. The molecule has 3 rings (SSSR count). The molecule has 0 spiro atoms. The Morgan fingerprint density at radius 3 is 2.59 bits per heavy atom. The Balaban J connectivity index is 1.61. The van der Waals surface area contributed by atoms with E-state index in [9.17, 15) is 18.0 Å². The molecule has 0 bridgehead atoms. The van der Waals surface area contributed by atoms with E-state index in [1.54, 1.807) is 6.92 Å². The third-order valence-electron chi connectivity index (χ3n) is 4.76. The molecule has 2 aromatic rings. The van der Waals surface area contributed by atoms with Gasteiger partial charge in [0.2, 0.25) is 16.8 Å². The Kier molecular flexibility index (Phi) is 6.39. The molecule has 1 amide bonds. The number of anilines is 1. The molecule has 1 N–H and O–H groups in total. The topological polar surface area (TPSA) is 106 Å². The van der Waals surface area contributed by atoms with Crippen LogP contribution in [0.25, 0.3) is 0 Å². The number of hydrogen-bond donors (Lipinski definition) is 1. The fourth-order valence-electron chi connectivity index (χ4n) is 3.22. The predicted molar refractivity (Wildman–Crippen MR) is 106 cm³/mol. The van der Waals surface area contributed by atoms with Crippen molar-refractivity contribution in [3.8, 4) is 0 Å². The summed E-state index contributed by atoms with van der Waals surface area (Å²) < 4.78 is 36.8. The molecule has 9 heteroatoms. The number of amides is 1. The van der Waals surface area contributed by atoms with E-state index in [1.165, 1.54) is 16.4 Å². The van der Waals surface area contributed by atoms with E-state index in [4.69, 9.17) is 9.15 Å². The van der Waals surface area contributed by atoms with Crippen LogP contribution < -0.4 is 5.32 Å². The first-order chi connectivity index (χ1) is 13.8. The van der Waals surface area contributed by atoms with Crippen LogP contribution in [0, 0.1) is 12.8 Å². The van der Waals surface area contributed by atoms with Gasteiger partial charge in [0.05, 0.1) is 6.61 Å². The standard InChI is InChI=1S/C20H24N2O6S/c1-3-27-20(24)17-7-8-18(28-17)29(25,26)22-11-9-15(10-12-22)19(23)21-16-6-4-5-14(2)13-16/h4-8,13,15H,3,9-12H2,1-2H3,(H,21,23). The maximum Gasteiger partial charge on any atom is 0.374 e. The van der Waals surface area contributed by atoms with Gasteiger partial charge in [-0.2, -0.15) is 4.31 Å². The molecule has 8 nitrogen and oxygen atoms in total. The van der Waals surface area contributed by atoms with Gasteiger partial charge >= 0.3 is 5.97 Å². The molecule has 0 unspecified atom stereocenters. The van der Waals surface area contributed by atoms with Gasteiger partial charge in [-0.15, -0.1) is 0 Å². The summed E-state index contributed by atoms with van der Waals surface area (Å²) in [6.07, 6.45) is 0.810. The van der Waals surface area contributed by atoms with Gasteiger partial charge in [0.15, 0.2) is 0 Å². The van der Waals surface area contributed by atoms with Crippen molar-refractivity contribution >= 4 is 27.6 Å². The van der Waals surface area contributed by atoms with Crippen molar-refractivity contribution in [2.45, 2.75) is 31.8 Å². The normalized spacial score (nSPS) is 15.8. The van der Waals surface area contributed by atoms with Crippen molar-refractivity contribution in [2.24, 2.45) is 5.92 Å². The van der Waals surface area contributed by atoms with Crippen LogP contribution in [0.4, 0.5) is 5.69 Å². The highest BCUT2D eigenvalue weighted by molar-refractivity contribution is 7.89. The molecule has 2 heterocycles. The SMILES string of the molecule is CCOC(=O)c1ccc(S(=O)(=O)N2CCC(C(=O)Nc3cccc(C)c3)CC2)o1. The Bertz CT molecular complexity index is 990. The van der Waals surface area contributed by atoms with Crippen LogP contribution in [0.5, 0.6) is 0 Å². The zero-order chi connectivity index (χ0) is 21.0. The smallest absolute Gasteiger partial charge is 0.374 e. The lowest BCUT2D eigenvalue weighted by atomic mass is 9.97. The third kappa shape index (κ3) is 4.86. The van der Waals surface area contributed by atoms with Crippen LogP contribution in [-0.2, 0) is 19.6 Å². The average Bonchev–Trinajstić information content (AvgIpc) is 3.19. The highest BCUT2D eigenvalue weighted by atomic mass is 32.2. The Morgan fingerprint density at radius 2 is 1.93 bits per heavy atom. The molecule has 0 aliphatic carbocycles. The number of nitrogens with zero attached hydrogens (tertiary/aromatic N) is 1. The number of carbonyl (C=O) groups is 2. The quantitative estimate of drug-likeness (QED) is 0.721. The maximum absolute atomic E-state index is 12.8. The van der Waals surface area contributed by atoms with Crippen LogP contribution in [0.3, 0.4) is 0 Å². The van der Waals surface area contributed by atoms with Gasteiger partial charge in [0, 0.05) is 24.7 Å². The van der Waals surface area contributed by atoms with Gasteiger partial charge in [0.1, 0.15) is 0 Å². The Morgan fingerprint density at radius 1 is 1.21 bits per heavy atom. The summed E-state index contributed by atoms with van der Waals surface area (Å²) in [5, 5.41) is 2.59. The second-order valence-corrected chi connectivity index (χ2v) is 8.75. The summed E-state index contributed by atoms with van der Waals surface area (Å²) in [7, 11) is -3.88. The van der Waals surface area contributed by atoms with Gasteiger partial charge in [-0.05, 0) is 56.5 Å². The molecule has 1 aliphatic rings. The number of ether oxygens (including phenoxy) is 1. The Labute approximate surface area is 169 Å². The number of hydrogen-bond acceptors (Lipinski definition) is 6. The van der Waals surface area contributed by atoms with E-state index in [-0.39, 0.29) is 42.4 Å². The minimum Gasteiger partial charge on any atom is -0.460 e. The van der Waals surface area contributed by atoms with Crippen LogP contribution in [-0.4, -0.2) is 44.3 Å². The maximum atomic E-state index is 12.8. The first kappa shape index (κ1) is 21.1. The number of rotatable bonds is 6. The van der Waals surface area contributed by atoms with Crippen molar-refractivity contribution < 1.29 is 27.2 Å². The molecule has 156 valence electrons. The number of esters is 1. The molecule has 29 heavy (non-hydrogen) atoms. The zero-order valence-corrected chi connectivity index (χ0v) is 17.2. The van der Waals surface area contributed by atoms with Gasteiger partial charge in [0.25, 0.3) is 10.0 Å². The molecular formula is C20H24N2O6S. The summed E-state index contributed by atoms with van der Waals surface area (Å²) in [6.45, 7) is 4.16. The molecular weight excluding hydrogens is 396 g/mol. The number of aryl methyl sites for hydroxylation is 1. The van der Waals surface area contributed by atoms with E-state index in [2.05, 4.69) is 5.32 Å². The molecule has 0 saturated carbocycles. The molecule has 0 radical (unpaired) electrons. The largest absolute Gasteiger partial charge is 0.460 e. The monoisotopic (exact) mass is 420 g/mol. The summed E-state index contributed by atoms with van der Waals surface area (Å²) in [5.74, 6) is -1.25. The predicted octanol–water partition coefficient (Wildman–Crippen LogP) is 2.80. The molecule has 1 aliphatic heterocycles. The van der Waals surface area contributed by atoms with Gasteiger partial charge < -0.3 is 14.5 Å². The number of sulfonamides is 1. The van der Waals surface area contributed by atoms with E-state index < -0.39 is 16.0 Å². The van der Waals surface area contributed by atoms with Crippen LogP contribution >= 0.6 is 0 Å². The molecule has 1 saturated heterocycles. The summed E-state index contributed by atoms with van der Waals surface area (Å²) in [5.41, 5.74) is 1.77. The van der Waals surface area contributed by atoms with E-state index in [0.29, 0.717) is 12.8 Å². The molecule has 1 aromatic carbocycles. The van der Waals surface area contributed by atoms with Crippen LogP contribution in [0.1, 0.15) is 35.9 Å². The van der Waals surface area contributed by atoms with E-state index >= 15 is 0 Å². The van der Waals surface area contributed by atoms with Crippen molar-refractivity contribution in [3.05, 3.63) is 47.7 Å². The minimum atomic E-state index is -3.88. The van der Waals surface area contributed by atoms with E-state index in [1.807, 2.05) is 31.2 Å². The van der Waals surface area contributed by atoms with Crippen molar-refractivity contribution in [2.75, 3.05) is 25.0 Å². The lowest BCUT2D eigenvalue weighted by Crippen LogP contribution is -2.41. The lowest BCUT2D eigenvalue weighted by molar-refractivity contribution is -0.120. The number of nitrogens with one attached hydrogen (secondary N) is 1.